The summed E-state index contributed by atoms with van der Waals surface area (Å²) in [5.74, 6) is 0.379. The molecule has 1 rings (SSSR count). The van der Waals surface area contributed by atoms with Gasteiger partial charge in [-0.1, -0.05) is 6.07 Å². The summed E-state index contributed by atoms with van der Waals surface area (Å²) >= 11 is 9.35. The smallest absolute Gasteiger partial charge is 0.273 e. The minimum Gasteiger partial charge on any atom is -0.456 e. The maximum Gasteiger partial charge on any atom is 0.273 e. The first-order valence-corrected chi connectivity index (χ1v) is 5.76. The van der Waals surface area contributed by atoms with Gasteiger partial charge in [-0.05, 0) is 53.9 Å². The molecule has 0 spiro atoms. The highest BCUT2D eigenvalue weighted by molar-refractivity contribution is 9.39. The van der Waals surface area contributed by atoms with Crippen molar-refractivity contribution < 1.29 is 9.66 Å². The Balaban J connectivity index is 2.89. The first-order chi connectivity index (χ1) is 6.38. The molecule has 0 radical (unpaired) electrons. The number of hydrogen-bond donors (Lipinski definition) is 0. The number of nitro groups is 1. The topological polar surface area (TPSA) is 52.4 Å². The minimum absolute atomic E-state index is 0.0146. The summed E-state index contributed by atoms with van der Waals surface area (Å²) in [6.07, 6.45) is 0. The maximum absolute atomic E-state index is 10.4. The maximum atomic E-state index is 10.4. The Hall–Kier alpha value is -0.140. The fourth-order valence-corrected chi connectivity index (χ4v) is 1.35. The zero-order valence-corrected chi connectivity index (χ0v) is 11.4. The second-order valence-electron chi connectivity index (χ2n) is 2.30. The van der Waals surface area contributed by atoms with E-state index in [4.69, 9.17) is 4.74 Å². The average Bonchev–Trinajstić information content (AvgIpc) is 2.01. The Morgan fingerprint density at radius 3 is 2.50 bits per heavy atom. The molecule has 0 aromatic heterocycles. The fourth-order valence-electron chi connectivity index (χ4n) is 0.794. The molecule has 0 atom stereocenters. The third-order valence-electron chi connectivity index (χ3n) is 1.26. The molecule has 0 amide bonds. The van der Waals surface area contributed by atoms with Gasteiger partial charge < -0.3 is 4.74 Å². The fraction of sp³-hybridized carbons (Fsp3) is 0.143. The Bertz CT molecular complexity index is 350. The number of hydrogen-bond acceptors (Lipinski definition) is 3. The SMILES string of the molecule is O=[N+]([O-])c1cccc(OC(Br)(Br)Br)c1. The van der Waals surface area contributed by atoms with Crippen LogP contribution in [0.1, 0.15) is 0 Å². The van der Waals surface area contributed by atoms with Crippen molar-refractivity contribution in [1.29, 1.82) is 0 Å². The lowest BCUT2D eigenvalue weighted by atomic mass is 10.3. The largest absolute Gasteiger partial charge is 0.456 e. The number of alkyl halides is 3. The van der Waals surface area contributed by atoms with Gasteiger partial charge in [-0.25, -0.2) is 0 Å². The van der Waals surface area contributed by atoms with E-state index < -0.39 is 7.25 Å². The molecule has 76 valence electrons. The third kappa shape index (κ3) is 3.93. The Morgan fingerprint density at radius 2 is 2.00 bits per heavy atom. The molecule has 0 aliphatic heterocycles. The van der Waals surface area contributed by atoms with Crippen molar-refractivity contribution in [3.8, 4) is 5.75 Å². The van der Waals surface area contributed by atoms with Crippen molar-refractivity contribution in [3.05, 3.63) is 34.4 Å². The van der Waals surface area contributed by atoms with Gasteiger partial charge in [0.15, 0.2) is 0 Å². The zero-order chi connectivity index (χ0) is 10.8. The minimum atomic E-state index is -0.901. The molecular weight excluding hydrogens is 386 g/mol. The number of halogens is 3. The molecule has 4 nitrogen and oxygen atoms in total. The molecule has 0 heterocycles. The summed E-state index contributed by atoms with van der Waals surface area (Å²) in [5.41, 5.74) is -0.0146. The van der Waals surface area contributed by atoms with Crippen LogP contribution in [0.25, 0.3) is 0 Å². The lowest BCUT2D eigenvalue weighted by Crippen LogP contribution is -2.10. The van der Waals surface area contributed by atoms with Crippen LogP contribution in [0.4, 0.5) is 5.69 Å². The molecule has 7 heteroatoms. The van der Waals surface area contributed by atoms with Gasteiger partial charge in [0.2, 0.25) is 0 Å². The van der Waals surface area contributed by atoms with E-state index in [1.165, 1.54) is 12.1 Å². The number of ether oxygens (including phenoxy) is 1. The summed E-state index contributed by atoms with van der Waals surface area (Å²) in [4.78, 5) is 9.95. The van der Waals surface area contributed by atoms with E-state index in [0.29, 0.717) is 5.75 Å². The molecule has 14 heavy (non-hydrogen) atoms. The normalized spacial score (nSPS) is 11.1. The van der Waals surface area contributed by atoms with E-state index in [2.05, 4.69) is 47.8 Å². The number of benzene rings is 1. The van der Waals surface area contributed by atoms with Crippen molar-refractivity contribution in [2.45, 2.75) is 2.33 Å². The van der Waals surface area contributed by atoms with E-state index >= 15 is 0 Å². The monoisotopic (exact) mass is 387 g/mol. The zero-order valence-electron chi connectivity index (χ0n) is 6.62. The first-order valence-electron chi connectivity index (χ1n) is 3.39. The summed E-state index contributed by atoms with van der Waals surface area (Å²) < 4.78 is 4.34. The standard InChI is InChI=1S/C7H4Br3NO3/c8-7(9,10)14-6-3-1-2-5(4-6)11(12)13/h1-4H. The Morgan fingerprint density at radius 1 is 1.36 bits per heavy atom. The Kier molecular flexibility index (Phi) is 3.91. The van der Waals surface area contributed by atoms with Crippen LogP contribution in [0.5, 0.6) is 5.75 Å². The van der Waals surface area contributed by atoms with Gasteiger partial charge in [-0.15, -0.1) is 0 Å². The molecule has 0 N–H and O–H groups in total. The average molecular weight is 390 g/mol. The van der Waals surface area contributed by atoms with E-state index in [1.54, 1.807) is 12.1 Å². The van der Waals surface area contributed by atoms with E-state index in [9.17, 15) is 10.1 Å². The van der Waals surface area contributed by atoms with Gasteiger partial charge in [0.25, 0.3) is 8.02 Å². The van der Waals surface area contributed by atoms with Gasteiger partial charge in [-0.3, -0.25) is 10.1 Å². The van der Waals surface area contributed by atoms with E-state index in [0.717, 1.165) is 0 Å². The molecule has 0 saturated heterocycles. The molecule has 1 aromatic carbocycles. The van der Waals surface area contributed by atoms with Crippen molar-refractivity contribution in [2.24, 2.45) is 0 Å². The molecule has 0 bridgehead atoms. The second-order valence-corrected chi connectivity index (χ2v) is 8.84. The highest BCUT2D eigenvalue weighted by Gasteiger charge is 2.20. The van der Waals surface area contributed by atoms with Crippen molar-refractivity contribution in [2.75, 3.05) is 0 Å². The quantitative estimate of drug-likeness (QED) is 0.439. The molecule has 0 aliphatic carbocycles. The molecule has 0 aliphatic rings. The van der Waals surface area contributed by atoms with Crippen LogP contribution in [0, 0.1) is 10.1 Å². The van der Waals surface area contributed by atoms with E-state index in [-0.39, 0.29) is 5.69 Å². The van der Waals surface area contributed by atoms with Crippen molar-refractivity contribution in [3.63, 3.8) is 0 Å². The van der Waals surface area contributed by atoms with Gasteiger partial charge in [0, 0.05) is 6.07 Å². The van der Waals surface area contributed by atoms with Gasteiger partial charge in [0.05, 0.1) is 11.0 Å². The molecular formula is C7H4Br3NO3. The lowest BCUT2D eigenvalue weighted by Gasteiger charge is -2.14. The molecule has 0 saturated carbocycles. The van der Waals surface area contributed by atoms with Gasteiger partial charge >= 0.3 is 0 Å². The van der Waals surface area contributed by atoms with Gasteiger partial charge in [0.1, 0.15) is 5.75 Å². The predicted molar refractivity (Wildman–Crippen MR) is 63.2 cm³/mol. The molecule has 0 unspecified atom stereocenters. The van der Waals surface area contributed by atoms with Crippen molar-refractivity contribution >= 4 is 53.5 Å². The van der Waals surface area contributed by atoms with Crippen molar-refractivity contribution in [1.82, 2.24) is 0 Å². The van der Waals surface area contributed by atoms with Crippen LogP contribution in [0.2, 0.25) is 0 Å². The Labute approximate surface area is 105 Å². The van der Waals surface area contributed by atoms with Crippen LogP contribution in [-0.4, -0.2) is 7.25 Å². The number of nitrogens with zero attached hydrogens (tertiary/aromatic N) is 1. The summed E-state index contributed by atoms with van der Waals surface area (Å²) in [7, 11) is 0. The van der Waals surface area contributed by atoms with Crippen LogP contribution >= 0.6 is 47.8 Å². The first kappa shape index (κ1) is 11.9. The van der Waals surface area contributed by atoms with Crippen LogP contribution in [0.3, 0.4) is 0 Å². The highest BCUT2D eigenvalue weighted by atomic mass is 80.0. The predicted octanol–water partition coefficient (Wildman–Crippen LogP) is 3.77. The molecule has 0 fully saturated rings. The van der Waals surface area contributed by atoms with Crippen LogP contribution in [0.15, 0.2) is 24.3 Å². The third-order valence-corrected chi connectivity index (χ3v) is 1.75. The summed E-state index contributed by atoms with van der Waals surface area (Å²) in [5, 5.41) is 10.4. The molecule has 1 aromatic rings. The van der Waals surface area contributed by atoms with E-state index in [1.807, 2.05) is 0 Å². The second kappa shape index (κ2) is 4.59. The number of rotatable bonds is 2. The van der Waals surface area contributed by atoms with Gasteiger partial charge in [-0.2, -0.15) is 0 Å². The van der Waals surface area contributed by atoms with Crippen LogP contribution in [-0.2, 0) is 0 Å². The van der Waals surface area contributed by atoms with Crippen LogP contribution < -0.4 is 4.74 Å². The highest BCUT2D eigenvalue weighted by Crippen LogP contribution is 2.36. The number of nitro benzene ring substituents is 1. The summed E-state index contributed by atoms with van der Waals surface area (Å²) in [6, 6.07) is 5.89. The lowest BCUT2D eigenvalue weighted by molar-refractivity contribution is -0.384. The number of non-ortho nitro benzene ring substituents is 1. The summed E-state index contributed by atoms with van der Waals surface area (Å²) in [6.45, 7) is 0.